The van der Waals surface area contributed by atoms with Gasteiger partial charge in [0, 0.05) is 24.6 Å². The number of ether oxygens (including phenoxy) is 1. The molecule has 0 radical (unpaired) electrons. The molecule has 3 atom stereocenters. The van der Waals surface area contributed by atoms with Gasteiger partial charge < -0.3 is 15.4 Å². The Kier molecular flexibility index (Phi) is 6.99. The predicted octanol–water partition coefficient (Wildman–Crippen LogP) is 2.39. The molecule has 3 unspecified atom stereocenters. The highest BCUT2D eigenvalue weighted by atomic mass is 35.5. The lowest BCUT2D eigenvalue weighted by atomic mass is 10.0. The third-order valence-electron chi connectivity index (χ3n) is 3.23. The molecule has 4 nitrogen and oxygen atoms in total. The van der Waals surface area contributed by atoms with E-state index in [9.17, 15) is 4.79 Å². The molecule has 112 valence electrons. The molecule has 1 aromatic rings. The minimum absolute atomic E-state index is 0.0165. The molecule has 0 aliphatic heterocycles. The lowest BCUT2D eigenvalue weighted by Gasteiger charge is -2.25. The summed E-state index contributed by atoms with van der Waals surface area (Å²) < 4.78 is 5.51. The fourth-order valence-electron chi connectivity index (χ4n) is 2.12. The van der Waals surface area contributed by atoms with Gasteiger partial charge in [-0.3, -0.25) is 4.79 Å². The molecule has 0 fully saturated rings. The maximum atomic E-state index is 12.0. The van der Waals surface area contributed by atoms with E-state index in [4.69, 9.17) is 16.3 Å². The first-order valence-corrected chi connectivity index (χ1v) is 7.10. The molecule has 0 saturated carbocycles. The fourth-order valence-corrected chi connectivity index (χ4v) is 2.25. The summed E-state index contributed by atoms with van der Waals surface area (Å²) in [5.41, 5.74) is 0.992. The van der Waals surface area contributed by atoms with E-state index in [-0.39, 0.29) is 24.0 Å². The van der Waals surface area contributed by atoms with Crippen molar-refractivity contribution in [3.8, 4) is 0 Å². The van der Waals surface area contributed by atoms with Crippen LogP contribution < -0.4 is 10.6 Å². The van der Waals surface area contributed by atoms with Crippen LogP contribution in [-0.4, -0.2) is 32.7 Å². The Morgan fingerprint density at radius 1 is 1.30 bits per heavy atom. The predicted molar refractivity (Wildman–Crippen MR) is 81.9 cm³/mol. The molecule has 0 aliphatic carbocycles. The number of hydrogen-bond donors (Lipinski definition) is 2. The first-order chi connectivity index (χ1) is 9.49. The third-order valence-corrected chi connectivity index (χ3v) is 3.49. The van der Waals surface area contributed by atoms with E-state index in [0.29, 0.717) is 11.6 Å². The molecule has 2 N–H and O–H groups in total. The van der Waals surface area contributed by atoms with Gasteiger partial charge in [0.05, 0.1) is 6.04 Å². The van der Waals surface area contributed by atoms with Gasteiger partial charge in [-0.2, -0.15) is 0 Å². The van der Waals surface area contributed by atoms with Crippen molar-refractivity contribution in [2.75, 3.05) is 20.7 Å². The SMILES string of the molecule is CNCC(C)C(=O)NC(C)C(OC)c1ccc(Cl)cc1. The molecule has 0 aliphatic rings. The van der Waals surface area contributed by atoms with E-state index in [1.54, 1.807) is 7.11 Å². The molecular formula is C15H23ClN2O2. The van der Waals surface area contributed by atoms with Gasteiger partial charge >= 0.3 is 0 Å². The highest BCUT2D eigenvalue weighted by Gasteiger charge is 2.22. The van der Waals surface area contributed by atoms with Crippen molar-refractivity contribution < 1.29 is 9.53 Å². The molecule has 20 heavy (non-hydrogen) atoms. The number of benzene rings is 1. The van der Waals surface area contributed by atoms with Crippen LogP contribution in [0.15, 0.2) is 24.3 Å². The lowest BCUT2D eigenvalue weighted by molar-refractivity contribution is -0.126. The zero-order valence-electron chi connectivity index (χ0n) is 12.4. The summed E-state index contributed by atoms with van der Waals surface area (Å²) in [6, 6.07) is 7.35. The van der Waals surface area contributed by atoms with Crippen molar-refractivity contribution in [3.05, 3.63) is 34.9 Å². The van der Waals surface area contributed by atoms with Crippen molar-refractivity contribution in [1.29, 1.82) is 0 Å². The van der Waals surface area contributed by atoms with Crippen molar-refractivity contribution >= 4 is 17.5 Å². The van der Waals surface area contributed by atoms with Gasteiger partial charge in [0.1, 0.15) is 6.10 Å². The minimum Gasteiger partial charge on any atom is -0.375 e. The Hall–Kier alpha value is -1.10. The first kappa shape index (κ1) is 17.0. The number of carbonyl (C=O) groups excluding carboxylic acids is 1. The molecular weight excluding hydrogens is 276 g/mol. The molecule has 1 rings (SSSR count). The summed E-state index contributed by atoms with van der Waals surface area (Å²) in [6.45, 7) is 4.48. The van der Waals surface area contributed by atoms with Crippen LogP contribution in [0.2, 0.25) is 5.02 Å². The van der Waals surface area contributed by atoms with Gasteiger partial charge in [-0.05, 0) is 31.7 Å². The van der Waals surface area contributed by atoms with Gasteiger partial charge in [-0.25, -0.2) is 0 Å². The molecule has 0 spiro atoms. The average molecular weight is 299 g/mol. The van der Waals surface area contributed by atoms with Crippen LogP contribution in [0.3, 0.4) is 0 Å². The smallest absolute Gasteiger partial charge is 0.224 e. The van der Waals surface area contributed by atoms with Gasteiger partial charge in [0.25, 0.3) is 0 Å². The van der Waals surface area contributed by atoms with E-state index >= 15 is 0 Å². The maximum absolute atomic E-state index is 12.0. The molecule has 5 heteroatoms. The molecule has 1 amide bonds. The molecule has 0 heterocycles. The number of carbonyl (C=O) groups is 1. The second-order valence-electron chi connectivity index (χ2n) is 4.96. The van der Waals surface area contributed by atoms with Gasteiger partial charge in [-0.15, -0.1) is 0 Å². The summed E-state index contributed by atoms with van der Waals surface area (Å²) in [4.78, 5) is 12.0. The largest absolute Gasteiger partial charge is 0.375 e. The molecule has 0 aromatic heterocycles. The topological polar surface area (TPSA) is 50.4 Å². The van der Waals surface area contributed by atoms with Gasteiger partial charge in [0.2, 0.25) is 5.91 Å². The van der Waals surface area contributed by atoms with E-state index in [0.717, 1.165) is 5.56 Å². The van der Waals surface area contributed by atoms with Gasteiger partial charge in [0.15, 0.2) is 0 Å². The number of rotatable bonds is 7. The Labute approximate surface area is 125 Å². The van der Waals surface area contributed by atoms with E-state index in [1.165, 1.54) is 0 Å². The molecule has 0 saturated heterocycles. The van der Waals surface area contributed by atoms with Crippen molar-refractivity contribution in [1.82, 2.24) is 10.6 Å². The van der Waals surface area contributed by atoms with Crippen LogP contribution in [0, 0.1) is 5.92 Å². The number of hydrogen-bond acceptors (Lipinski definition) is 3. The highest BCUT2D eigenvalue weighted by Crippen LogP contribution is 2.22. The van der Waals surface area contributed by atoms with Crippen molar-refractivity contribution in [2.45, 2.75) is 26.0 Å². The molecule has 1 aromatic carbocycles. The van der Waals surface area contributed by atoms with Crippen LogP contribution in [-0.2, 0) is 9.53 Å². The van der Waals surface area contributed by atoms with Crippen LogP contribution in [0.25, 0.3) is 0 Å². The van der Waals surface area contributed by atoms with E-state index in [1.807, 2.05) is 45.2 Å². The van der Waals surface area contributed by atoms with Crippen LogP contribution in [0.5, 0.6) is 0 Å². The van der Waals surface area contributed by atoms with Crippen LogP contribution in [0.1, 0.15) is 25.5 Å². The zero-order chi connectivity index (χ0) is 15.1. The van der Waals surface area contributed by atoms with E-state index < -0.39 is 0 Å². The summed E-state index contributed by atoms with van der Waals surface area (Å²) in [5, 5.41) is 6.67. The Bertz CT molecular complexity index is 422. The molecule has 0 bridgehead atoms. The zero-order valence-corrected chi connectivity index (χ0v) is 13.2. The minimum atomic E-state index is -0.196. The number of amides is 1. The normalized spacial score (nSPS) is 15.4. The van der Waals surface area contributed by atoms with E-state index in [2.05, 4.69) is 10.6 Å². The monoisotopic (exact) mass is 298 g/mol. The summed E-state index contributed by atoms with van der Waals surface area (Å²) in [6.07, 6.45) is -0.196. The highest BCUT2D eigenvalue weighted by molar-refractivity contribution is 6.30. The Morgan fingerprint density at radius 2 is 1.90 bits per heavy atom. The van der Waals surface area contributed by atoms with Crippen LogP contribution in [0.4, 0.5) is 0 Å². The first-order valence-electron chi connectivity index (χ1n) is 6.72. The van der Waals surface area contributed by atoms with Crippen molar-refractivity contribution in [2.24, 2.45) is 5.92 Å². The maximum Gasteiger partial charge on any atom is 0.224 e. The fraction of sp³-hybridized carbons (Fsp3) is 0.533. The quantitative estimate of drug-likeness (QED) is 0.813. The average Bonchev–Trinajstić information content (AvgIpc) is 2.42. The Balaban J connectivity index is 2.70. The van der Waals surface area contributed by atoms with Gasteiger partial charge in [-0.1, -0.05) is 30.7 Å². The van der Waals surface area contributed by atoms with Crippen molar-refractivity contribution in [3.63, 3.8) is 0 Å². The number of methoxy groups -OCH3 is 1. The lowest BCUT2D eigenvalue weighted by Crippen LogP contribution is -2.42. The number of nitrogens with one attached hydrogen (secondary N) is 2. The third kappa shape index (κ3) is 4.78. The van der Waals surface area contributed by atoms with Crippen LogP contribution >= 0.6 is 11.6 Å². The second-order valence-corrected chi connectivity index (χ2v) is 5.40. The standard InChI is InChI=1S/C15H23ClN2O2/c1-10(9-17-3)15(19)18-11(2)14(20-4)12-5-7-13(16)8-6-12/h5-8,10-11,14,17H,9H2,1-4H3,(H,18,19). The summed E-state index contributed by atoms with van der Waals surface area (Å²) >= 11 is 5.88. The summed E-state index contributed by atoms with van der Waals surface area (Å²) in [7, 11) is 3.47. The summed E-state index contributed by atoms with van der Waals surface area (Å²) in [5.74, 6) is -0.0620. The number of halogens is 1. The second kappa shape index (κ2) is 8.25. The Morgan fingerprint density at radius 3 is 2.40 bits per heavy atom.